The molecular weight excluding hydrogens is 184 g/mol. The van der Waals surface area contributed by atoms with Crippen LogP contribution in [0.5, 0.6) is 0 Å². The van der Waals surface area contributed by atoms with Crippen LogP contribution in [0, 0.1) is 0 Å². The van der Waals surface area contributed by atoms with Crippen molar-refractivity contribution < 1.29 is 14.3 Å². The molecule has 0 aromatic carbocycles. The van der Waals surface area contributed by atoms with E-state index in [1.165, 1.54) is 12.0 Å². The second-order valence-corrected chi connectivity index (χ2v) is 3.71. The summed E-state index contributed by atoms with van der Waals surface area (Å²) >= 11 is 0. The molecule has 1 saturated heterocycles. The highest BCUT2D eigenvalue weighted by molar-refractivity contribution is 5.84. The van der Waals surface area contributed by atoms with Gasteiger partial charge in [-0.1, -0.05) is 0 Å². The minimum absolute atomic E-state index is 0.0455. The summed E-state index contributed by atoms with van der Waals surface area (Å²) in [5, 5.41) is 0. The first-order valence-electron chi connectivity index (χ1n) is 4.84. The van der Waals surface area contributed by atoms with Gasteiger partial charge in [0.1, 0.15) is 6.54 Å². The molecule has 0 bridgehead atoms. The first-order chi connectivity index (χ1) is 6.72. The Kier molecular flexibility index (Phi) is 2.31. The Bertz CT molecular complexity index is 263. The van der Waals surface area contributed by atoms with Crippen LogP contribution >= 0.6 is 0 Å². The third-order valence-electron chi connectivity index (χ3n) is 2.68. The SMILES string of the molecule is COC(=O)N1CCN(C2CC2)C(=O)C1. The molecule has 1 aliphatic carbocycles. The van der Waals surface area contributed by atoms with E-state index in [9.17, 15) is 9.59 Å². The predicted molar refractivity (Wildman–Crippen MR) is 48.7 cm³/mol. The fourth-order valence-corrected chi connectivity index (χ4v) is 1.74. The molecule has 0 atom stereocenters. The smallest absolute Gasteiger partial charge is 0.410 e. The lowest BCUT2D eigenvalue weighted by Crippen LogP contribution is -2.52. The van der Waals surface area contributed by atoms with E-state index < -0.39 is 6.09 Å². The Morgan fingerprint density at radius 1 is 1.43 bits per heavy atom. The highest BCUT2D eigenvalue weighted by Gasteiger charge is 2.36. The van der Waals surface area contributed by atoms with Gasteiger partial charge in [0.05, 0.1) is 7.11 Å². The van der Waals surface area contributed by atoms with Crippen LogP contribution in [0.2, 0.25) is 0 Å². The maximum atomic E-state index is 11.6. The standard InChI is InChI=1S/C9H14N2O3/c1-14-9(13)10-4-5-11(7-2-3-7)8(12)6-10/h7H,2-6H2,1H3. The highest BCUT2D eigenvalue weighted by atomic mass is 16.5. The summed E-state index contributed by atoms with van der Waals surface area (Å²) < 4.78 is 4.57. The van der Waals surface area contributed by atoms with Crippen LogP contribution < -0.4 is 0 Å². The van der Waals surface area contributed by atoms with Crippen LogP contribution in [0.1, 0.15) is 12.8 Å². The van der Waals surface area contributed by atoms with Gasteiger partial charge in [-0.15, -0.1) is 0 Å². The van der Waals surface area contributed by atoms with Gasteiger partial charge in [-0.25, -0.2) is 4.79 Å². The van der Waals surface area contributed by atoms with Crippen molar-refractivity contribution in [3.05, 3.63) is 0 Å². The van der Waals surface area contributed by atoms with E-state index in [1.807, 2.05) is 4.90 Å². The van der Waals surface area contributed by atoms with Crippen molar-refractivity contribution in [2.45, 2.75) is 18.9 Å². The summed E-state index contributed by atoms with van der Waals surface area (Å²) in [6.07, 6.45) is 1.82. The molecule has 5 heteroatoms. The van der Waals surface area contributed by atoms with E-state index in [2.05, 4.69) is 4.74 Å². The molecule has 0 aromatic heterocycles. The number of carbonyl (C=O) groups excluding carboxylic acids is 2. The lowest BCUT2D eigenvalue weighted by molar-refractivity contribution is -0.135. The number of piperazine rings is 1. The van der Waals surface area contributed by atoms with Gasteiger partial charge < -0.3 is 9.64 Å². The van der Waals surface area contributed by atoms with Gasteiger partial charge in [-0.2, -0.15) is 0 Å². The topological polar surface area (TPSA) is 49.9 Å². The minimum atomic E-state index is -0.409. The monoisotopic (exact) mass is 198 g/mol. The lowest BCUT2D eigenvalue weighted by atomic mass is 10.3. The second-order valence-electron chi connectivity index (χ2n) is 3.71. The van der Waals surface area contributed by atoms with E-state index in [1.54, 1.807) is 0 Å². The second kappa shape index (κ2) is 3.48. The molecule has 0 radical (unpaired) electrons. The molecule has 0 unspecified atom stereocenters. The van der Waals surface area contributed by atoms with Crippen molar-refractivity contribution in [1.29, 1.82) is 0 Å². The van der Waals surface area contributed by atoms with Crippen molar-refractivity contribution in [2.75, 3.05) is 26.7 Å². The lowest BCUT2D eigenvalue weighted by Gasteiger charge is -2.33. The largest absolute Gasteiger partial charge is 0.453 e. The molecule has 0 spiro atoms. The van der Waals surface area contributed by atoms with Gasteiger partial charge in [0.2, 0.25) is 5.91 Å². The molecule has 14 heavy (non-hydrogen) atoms. The summed E-state index contributed by atoms with van der Waals surface area (Å²) in [6.45, 7) is 1.41. The Morgan fingerprint density at radius 3 is 2.64 bits per heavy atom. The van der Waals surface area contributed by atoms with Gasteiger partial charge in [0.15, 0.2) is 0 Å². The summed E-state index contributed by atoms with van der Waals surface area (Å²) in [5.41, 5.74) is 0. The molecule has 2 rings (SSSR count). The zero-order chi connectivity index (χ0) is 10.1. The van der Waals surface area contributed by atoms with Crippen LogP contribution in [-0.2, 0) is 9.53 Å². The third kappa shape index (κ3) is 1.66. The minimum Gasteiger partial charge on any atom is -0.453 e. The van der Waals surface area contributed by atoms with Crippen molar-refractivity contribution in [3.8, 4) is 0 Å². The quantitative estimate of drug-likeness (QED) is 0.598. The van der Waals surface area contributed by atoms with E-state index in [-0.39, 0.29) is 12.5 Å². The van der Waals surface area contributed by atoms with Crippen LogP contribution in [0.3, 0.4) is 0 Å². The van der Waals surface area contributed by atoms with Gasteiger partial charge >= 0.3 is 6.09 Å². The fourth-order valence-electron chi connectivity index (χ4n) is 1.74. The molecule has 1 aliphatic heterocycles. The molecular formula is C9H14N2O3. The van der Waals surface area contributed by atoms with E-state index in [0.717, 1.165) is 12.8 Å². The normalized spacial score (nSPS) is 22.5. The Morgan fingerprint density at radius 2 is 2.14 bits per heavy atom. The van der Waals surface area contributed by atoms with E-state index in [0.29, 0.717) is 19.1 Å². The molecule has 5 nitrogen and oxygen atoms in total. The Hall–Kier alpha value is -1.26. The maximum absolute atomic E-state index is 11.6. The average molecular weight is 198 g/mol. The van der Waals surface area contributed by atoms with Gasteiger partial charge in [0.25, 0.3) is 0 Å². The summed E-state index contributed by atoms with van der Waals surface area (Å²) in [4.78, 5) is 26.0. The van der Waals surface area contributed by atoms with E-state index >= 15 is 0 Å². The predicted octanol–water partition coefficient (Wildman–Crippen LogP) is 0.0594. The average Bonchev–Trinajstić information content (AvgIpc) is 3.00. The summed E-state index contributed by atoms with van der Waals surface area (Å²) in [6, 6.07) is 0.447. The molecule has 78 valence electrons. The fraction of sp³-hybridized carbons (Fsp3) is 0.778. The Labute approximate surface area is 82.6 Å². The maximum Gasteiger partial charge on any atom is 0.410 e. The van der Waals surface area contributed by atoms with Crippen LogP contribution in [0.4, 0.5) is 4.79 Å². The molecule has 1 saturated carbocycles. The number of nitrogens with zero attached hydrogens (tertiary/aromatic N) is 2. The number of amides is 2. The number of rotatable bonds is 1. The first-order valence-corrected chi connectivity index (χ1v) is 4.84. The molecule has 2 fully saturated rings. The number of carbonyl (C=O) groups is 2. The summed E-state index contributed by atoms with van der Waals surface area (Å²) in [7, 11) is 1.33. The number of ether oxygens (including phenoxy) is 1. The molecule has 1 heterocycles. The van der Waals surface area contributed by atoms with Crippen LogP contribution in [0.25, 0.3) is 0 Å². The van der Waals surface area contributed by atoms with Gasteiger partial charge in [0, 0.05) is 19.1 Å². The molecule has 2 aliphatic rings. The number of methoxy groups -OCH3 is 1. The molecule has 2 amide bonds. The van der Waals surface area contributed by atoms with Crippen molar-refractivity contribution >= 4 is 12.0 Å². The summed E-state index contributed by atoms with van der Waals surface area (Å²) in [5.74, 6) is 0.0455. The zero-order valence-corrected chi connectivity index (χ0v) is 8.23. The number of hydrogen-bond acceptors (Lipinski definition) is 3. The zero-order valence-electron chi connectivity index (χ0n) is 8.23. The highest BCUT2D eigenvalue weighted by Crippen LogP contribution is 2.27. The molecule has 0 N–H and O–H groups in total. The van der Waals surface area contributed by atoms with E-state index in [4.69, 9.17) is 0 Å². The number of hydrogen-bond donors (Lipinski definition) is 0. The van der Waals surface area contributed by atoms with Crippen molar-refractivity contribution in [2.24, 2.45) is 0 Å². The van der Waals surface area contributed by atoms with Crippen LogP contribution in [-0.4, -0.2) is 54.6 Å². The van der Waals surface area contributed by atoms with Crippen molar-refractivity contribution in [1.82, 2.24) is 9.80 Å². The van der Waals surface area contributed by atoms with Crippen LogP contribution in [0.15, 0.2) is 0 Å². The molecule has 0 aromatic rings. The van der Waals surface area contributed by atoms with Gasteiger partial charge in [-0.3, -0.25) is 9.69 Å². The first kappa shape index (κ1) is 9.30. The third-order valence-corrected chi connectivity index (χ3v) is 2.68. The Balaban J connectivity index is 1.92. The van der Waals surface area contributed by atoms with Crippen molar-refractivity contribution in [3.63, 3.8) is 0 Å². The van der Waals surface area contributed by atoms with Gasteiger partial charge in [-0.05, 0) is 12.8 Å².